The van der Waals surface area contributed by atoms with Crippen LogP contribution in [0.5, 0.6) is 0 Å². The van der Waals surface area contributed by atoms with E-state index < -0.39 is 0 Å². The molecule has 2 heterocycles. The van der Waals surface area contributed by atoms with Gasteiger partial charge in [-0.1, -0.05) is 29.8 Å². The van der Waals surface area contributed by atoms with Gasteiger partial charge in [-0.3, -0.25) is 4.79 Å². The molecule has 6 heteroatoms. The molecule has 1 aliphatic heterocycles. The number of aromatic nitrogens is 2. The Morgan fingerprint density at radius 2 is 1.92 bits per heavy atom. The topological polar surface area (TPSA) is 49.3 Å². The lowest BCUT2D eigenvalue weighted by Crippen LogP contribution is -2.41. The largest absolute Gasteiger partial charge is 0.341 e. The molecule has 1 fully saturated rings. The minimum atomic E-state index is 0.187. The lowest BCUT2D eigenvalue weighted by molar-refractivity contribution is -0.130. The van der Waals surface area contributed by atoms with Crippen molar-refractivity contribution in [2.45, 2.75) is 32.6 Å². The number of amides is 1. The van der Waals surface area contributed by atoms with Crippen molar-refractivity contribution in [1.82, 2.24) is 14.3 Å². The summed E-state index contributed by atoms with van der Waals surface area (Å²) in [6.07, 6.45) is 4.20. The zero-order chi connectivity index (χ0) is 16.9. The van der Waals surface area contributed by atoms with Crippen molar-refractivity contribution in [1.29, 1.82) is 0 Å². The average Bonchev–Trinajstić information content (AvgIpc) is 3.06. The Kier molecular flexibility index (Phi) is 5.45. The molecular weight excluding hydrogens is 320 g/mol. The van der Waals surface area contributed by atoms with Gasteiger partial charge in [0.1, 0.15) is 5.82 Å². The Morgan fingerprint density at radius 1 is 1.21 bits per heavy atom. The second kappa shape index (κ2) is 7.75. The molecule has 0 saturated carbocycles. The van der Waals surface area contributed by atoms with Crippen LogP contribution in [0.4, 0.5) is 5.13 Å². The van der Waals surface area contributed by atoms with E-state index in [2.05, 4.69) is 40.5 Å². The Bertz CT molecular complexity index is 677. The van der Waals surface area contributed by atoms with Gasteiger partial charge in [0.25, 0.3) is 0 Å². The molecule has 0 bridgehead atoms. The van der Waals surface area contributed by atoms with Gasteiger partial charge < -0.3 is 9.80 Å². The summed E-state index contributed by atoms with van der Waals surface area (Å²) in [6.45, 7) is 4.24. The molecule has 1 aromatic carbocycles. The molecule has 2 aromatic rings. The van der Waals surface area contributed by atoms with Gasteiger partial charge in [-0.05, 0) is 31.7 Å². The van der Waals surface area contributed by atoms with Crippen LogP contribution < -0.4 is 4.90 Å². The zero-order valence-electron chi connectivity index (χ0n) is 14.4. The van der Waals surface area contributed by atoms with Crippen LogP contribution in [0.3, 0.4) is 0 Å². The maximum Gasteiger partial charge on any atom is 0.242 e. The monoisotopic (exact) mass is 344 g/mol. The van der Waals surface area contributed by atoms with Crippen LogP contribution in [0.25, 0.3) is 0 Å². The Labute approximate surface area is 147 Å². The van der Waals surface area contributed by atoms with Crippen molar-refractivity contribution in [3.8, 4) is 0 Å². The molecule has 0 radical (unpaired) electrons. The minimum Gasteiger partial charge on any atom is -0.341 e. The number of likely N-dealkylation sites (N-methyl/N-ethyl adjacent to an activating group) is 1. The highest BCUT2D eigenvalue weighted by molar-refractivity contribution is 7.09. The van der Waals surface area contributed by atoms with Crippen molar-refractivity contribution in [3.63, 3.8) is 0 Å². The highest BCUT2D eigenvalue weighted by atomic mass is 32.1. The zero-order valence-corrected chi connectivity index (χ0v) is 15.2. The summed E-state index contributed by atoms with van der Waals surface area (Å²) < 4.78 is 4.44. The first-order chi connectivity index (χ1) is 11.6. The van der Waals surface area contributed by atoms with Gasteiger partial charge in [-0.15, -0.1) is 0 Å². The third-order valence-corrected chi connectivity index (χ3v) is 5.22. The molecule has 0 N–H and O–H groups in total. The molecule has 0 unspecified atom stereocenters. The quantitative estimate of drug-likeness (QED) is 0.837. The van der Waals surface area contributed by atoms with Crippen molar-refractivity contribution in [3.05, 3.63) is 41.2 Å². The lowest BCUT2D eigenvalue weighted by Gasteiger charge is -2.28. The number of benzene rings is 1. The third-order valence-electron chi connectivity index (χ3n) is 4.35. The maximum absolute atomic E-state index is 12.4. The van der Waals surface area contributed by atoms with E-state index in [9.17, 15) is 4.79 Å². The van der Waals surface area contributed by atoms with Gasteiger partial charge in [0.2, 0.25) is 11.0 Å². The van der Waals surface area contributed by atoms with E-state index in [0.717, 1.165) is 43.3 Å². The molecule has 0 aliphatic carbocycles. The maximum atomic E-state index is 12.4. The van der Waals surface area contributed by atoms with E-state index in [1.54, 1.807) is 0 Å². The van der Waals surface area contributed by atoms with Gasteiger partial charge in [-0.2, -0.15) is 4.37 Å². The molecule has 0 atom stereocenters. The van der Waals surface area contributed by atoms with Crippen LogP contribution in [-0.4, -0.2) is 46.8 Å². The van der Waals surface area contributed by atoms with Gasteiger partial charge >= 0.3 is 0 Å². The van der Waals surface area contributed by atoms with Crippen molar-refractivity contribution in [2.24, 2.45) is 0 Å². The first-order valence-electron chi connectivity index (χ1n) is 8.49. The highest BCUT2D eigenvalue weighted by Gasteiger charge is 2.19. The van der Waals surface area contributed by atoms with E-state index in [1.807, 2.05) is 16.8 Å². The van der Waals surface area contributed by atoms with Crippen LogP contribution in [-0.2, 0) is 11.2 Å². The van der Waals surface area contributed by atoms with Gasteiger partial charge in [0, 0.05) is 38.1 Å². The summed E-state index contributed by atoms with van der Waals surface area (Å²) in [6, 6.07) is 8.43. The predicted molar refractivity (Wildman–Crippen MR) is 97.6 cm³/mol. The molecule has 1 saturated heterocycles. The van der Waals surface area contributed by atoms with Crippen LogP contribution in [0.1, 0.15) is 36.2 Å². The van der Waals surface area contributed by atoms with Crippen LogP contribution in [0.15, 0.2) is 24.3 Å². The van der Waals surface area contributed by atoms with Crippen LogP contribution >= 0.6 is 11.5 Å². The number of likely N-dealkylation sites (tertiary alicyclic amines) is 1. The number of carbonyl (C=O) groups excluding carboxylic acids is 1. The third kappa shape index (κ3) is 4.32. The van der Waals surface area contributed by atoms with Crippen molar-refractivity contribution in [2.75, 3.05) is 31.6 Å². The van der Waals surface area contributed by atoms with E-state index in [1.165, 1.54) is 29.1 Å². The van der Waals surface area contributed by atoms with Crippen LogP contribution in [0, 0.1) is 6.92 Å². The number of hydrogen-bond donors (Lipinski definition) is 0. The smallest absolute Gasteiger partial charge is 0.242 e. The van der Waals surface area contributed by atoms with Gasteiger partial charge in [0.05, 0.1) is 6.54 Å². The van der Waals surface area contributed by atoms with E-state index in [-0.39, 0.29) is 5.91 Å². The number of nitrogens with zero attached hydrogens (tertiary/aromatic N) is 4. The molecule has 5 nitrogen and oxygen atoms in total. The summed E-state index contributed by atoms with van der Waals surface area (Å²) in [5, 5.41) is 0.808. The lowest BCUT2D eigenvalue weighted by atomic mass is 10.1. The Hall–Kier alpha value is -1.95. The standard InChI is InChI=1S/C18H24N4OS/c1-14-6-8-15(9-7-14)12-16-19-18(24-20-16)21(2)13-17(23)22-10-4-3-5-11-22/h6-9H,3-5,10-13H2,1-2H3. The molecular formula is C18H24N4OS. The number of hydrogen-bond acceptors (Lipinski definition) is 5. The predicted octanol–water partition coefficient (Wildman–Crippen LogP) is 2.89. The number of carbonyl (C=O) groups is 1. The van der Waals surface area contributed by atoms with E-state index in [0.29, 0.717) is 6.54 Å². The summed E-state index contributed by atoms with van der Waals surface area (Å²) >= 11 is 1.36. The van der Waals surface area contributed by atoms with Crippen LogP contribution in [0.2, 0.25) is 0 Å². The molecule has 0 spiro atoms. The molecule has 24 heavy (non-hydrogen) atoms. The average molecular weight is 344 g/mol. The van der Waals surface area contributed by atoms with Gasteiger partial charge in [-0.25, -0.2) is 4.98 Å². The van der Waals surface area contributed by atoms with E-state index >= 15 is 0 Å². The molecule has 1 amide bonds. The second-order valence-corrected chi connectivity index (χ2v) is 7.18. The fourth-order valence-corrected chi connectivity index (χ4v) is 3.52. The molecule has 128 valence electrons. The molecule has 1 aliphatic rings. The normalized spacial score (nSPS) is 14.7. The summed E-state index contributed by atoms with van der Waals surface area (Å²) in [7, 11) is 1.91. The number of rotatable bonds is 5. The SMILES string of the molecule is Cc1ccc(Cc2nsc(N(C)CC(=O)N3CCCCC3)n2)cc1. The number of aryl methyl sites for hydroxylation is 1. The summed E-state index contributed by atoms with van der Waals surface area (Å²) in [5.41, 5.74) is 2.46. The first kappa shape index (κ1) is 16.9. The number of anilines is 1. The summed E-state index contributed by atoms with van der Waals surface area (Å²) in [4.78, 5) is 20.8. The Balaban J connectivity index is 1.57. The summed E-state index contributed by atoms with van der Waals surface area (Å²) in [5.74, 6) is 1.00. The fraction of sp³-hybridized carbons (Fsp3) is 0.500. The molecule has 1 aromatic heterocycles. The van der Waals surface area contributed by atoms with Crippen molar-refractivity contribution >= 4 is 22.6 Å². The molecule has 3 rings (SSSR count). The fourth-order valence-electron chi connectivity index (χ4n) is 2.87. The number of piperidine rings is 1. The van der Waals surface area contributed by atoms with Crippen molar-refractivity contribution < 1.29 is 4.79 Å². The minimum absolute atomic E-state index is 0.187. The Morgan fingerprint density at radius 3 is 2.62 bits per heavy atom. The van der Waals surface area contributed by atoms with E-state index in [4.69, 9.17) is 0 Å². The van der Waals surface area contributed by atoms with Gasteiger partial charge in [0.15, 0.2) is 0 Å². The first-order valence-corrected chi connectivity index (χ1v) is 9.26. The second-order valence-electron chi connectivity index (χ2n) is 6.45. The highest BCUT2D eigenvalue weighted by Crippen LogP contribution is 2.18.